The monoisotopic (exact) mass is 460 g/mol. The highest BCUT2D eigenvalue weighted by Crippen LogP contribution is 2.38. The predicted octanol–water partition coefficient (Wildman–Crippen LogP) is 4.43. The van der Waals surface area contributed by atoms with E-state index < -0.39 is 0 Å². The molecule has 2 heterocycles. The smallest absolute Gasteiger partial charge is 0.249 e. The van der Waals surface area contributed by atoms with Gasteiger partial charge in [-0.25, -0.2) is 0 Å². The van der Waals surface area contributed by atoms with Crippen LogP contribution in [0.5, 0.6) is 0 Å². The van der Waals surface area contributed by atoms with E-state index in [0.717, 1.165) is 30.4 Å². The molecule has 33 heavy (non-hydrogen) atoms. The highest BCUT2D eigenvalue weighted by Gasteiger charge is 2.38. The molecule has 1 aliphatic carbocycles. The van der Waals surface area contributed by atoms with Crippen molar-refractivity contribution in [3.63, 3.8) is 0 Å². The topological polar surface area (TPSA) is 49.9 Å². The molecule has 1 atom stereocenters. The summed E-state index contributed by atoms with van der Waals surface area (Å²) in [6.07, 6.45) is 2.77. The van der Waals surface area contributed by atoms with Crippen LogP contribution in [-0.2, 0) is 27.4 Å². The van der Waals surface area contributed by atoms with E-state index in [9.17, 15) is 9.59 Å². The first-order chi connectivity index (χ1) is 16.2. The average molecular weight is 461 g/mol. The molecule has 2 aliphatic rings. The number of fused-ring (bicyclic) bond motifs is 1. The van der Waals surface area contributed by atoms with Gasteiger partial charge in [-0.15, -0.1) is 11.3 Å². The number of hydrogen-bond acceptors (Lipinski definition) is 4. The van der Waals surface area contributed by atoms with E-state index in [1.165, 1.54) is 10.4 Å². The fraction of sp³-hybridized carbons (Fsp3) is 0.333. The van der Waals surface area contributed by atoms with Gasteiger partial charge in [0.15, 0.2) is 0 Å². The largest absolute Gasteiger partial charge is 0.367 e. The zero-order valence-corrected chi connectivity index (χ0v) is 19.4. The summed E-state index contributed by atoms with van der Waals surface area (Å²) in [4.78, 5) is 31.6. The number of hydrogen-bond donors (Lipinski definition) is 0. The first kappa shape index (κ1) is 21.9. The van der Waals surface area contributed by atoms with Gasteiger partial charge in [-0.1, -0.05) is 60.7 Å². The molecule has 2 aromatic carbocycles. The average Bonchev–Trinajstić information content (AvgIpc) is 3.58. The van der Waals surface area contributed by atoms with E-state index in [1.54, 1.807) is 16.2 Å². The van der Waals surface area contributed by atoms with Crippen molar-refractivity contribution in [2.45, 2.75) is 38.0 Å². The molecular weight excluding hydrogens is 432 g/mol. The standard InChI is InChI=1S/C27H28N2O3S/c30-25(17-29(22-11-12-22)26(31)19-32-18-20-7-3-1-4-8-20)28-15-13-24-23(14-16-33-24)27(28)21-9-5-2-6-10-21/h1-10,14,16,22,27H,11-13,15,17-19H2. The van der Waals surface area contributed by atoms with Crippen molar-refractivity contribution in [1.82, 2.24) is 9.80 Å². The van der Waals surface area contributed by atoms with Crippen LogP contribution in [0.1, 0.15) is 40.5 Å². The van der Waals surface area contributed by atoms with Crippen molar-refractivity contribution in [2.24, 2.45) is 0 Å². The number of amides is 2. The Morgan fingerprint density at radius 3 is 2.45 bits per heavy atom. The van der Waals surface area contributed by atoms with Crippen LogP contribution < -0.4 is 0 Å². The minimum absolute atomic E-state index is 0.00372. The number of nitrogens with zero attached hydrogens (tertiary/aromatic N) is 2. The fourth-order valence-electron chi connectivity index (χ4n) is 4.54. The lowest BCUT2D eigenvalue weighted by Crippen LogP contribution is -2.48. The molecule has 1 fully saturated rings. The first-order valence-corrected chi connectivity index (χ1v) is 12.4. The molecular formula is C27H28N2O3S. The maximum atomic E-state index is 13.6. The Morgan fingerprint density at radius 2 is 1.73 bits per heavy atom. The van der Waals surface area contributed by atoms with E-state index in [1.807, 2.05) is 53.4 Å². The van der Waals surface area contributed by atoms with Crippen LogP contribution in [0.25, 0.3) is 0 Å². The molecule has 170 valence electrons. The zero-order chi connectivity index (χ0) is 22.6. The lowest BCUT2D eigenvalue weighted by molar-refractivity contribution is -0.145. The third-order valence-electron chi connectivity index (χ3n) is 6.35. The third kappa shape index (κ3) is 5.02. The van der Waals surface area contributed by atoms with Crippen LogP contribution in [0.3, 0.4) is 0 Å². The van der Waals surface area contributed by atoms with Gasteiger partial charge in [-0.05, 0) is 47.4 Å². The van der Waals surface area contributed by atoms with E-state index in [-0.39, 0.29) is 37.0 Å². The Balaban J connectivity index is 1.28. The summed E-state index contributed by atoms with van der Waals surface area (Å²) in [7, 11) is 0. The number of carbonyl (C=O) groups excluding carboxylic acids is 2. The summed E-state index contributed by atoms with van der Waals surface area (Å²) in [6.45, 7) is 1.17. The van der Waals surface area contributed by atoms with Crippen LogP contribution >= 0.6 is 11.3 Å². The van der Waals surface area contributed by atoms with Crippen LogP contribution in [0.2, 0.25) is 0 Å². The Hall–Kier alpha value is -2.96. The van der Waals surface area contributed by atoms with Crippen LogP contribution in [-0.4, -0.2) is 47.4 Å². The van der Waals surface area contributed by atoms with Crippen molar-refractivity contribution < 1.29 is 14.3 Å². The number of thiophene rings is 1. The zero-order valence-electron chi connectivity index (χ0n) is 18.6. The van der Waals surface area contributed by atoms with Crippen LogP contribution in [0.15, 0.2) is 72.1 Å². The number of benzene rings is 2. The van der Waals surface area contributed by atoms with Crippen molar-refractivity contribution in [2.75, 3.05) is 19.7 Å². The van der Waals surface area contributed by atoms with Crippen LogP contribution in [0.4, 0.5) is 0 Å². The van der Waals surface area contributed by atoms with Crippen molar-refractivity contribution in [3.8, 4) is 0 Å². The normalized spacial score (nSPS) is 17.5. The maximum absolute atomic E-state index is 13.6. The second-order valence-corrected chi connectivity index (χ2v) is 9.68. The summed E-state index contributed by atoms with van der Waals surface area (Å²) < 4.78 is 5.68. The molecule has 0 radical (unpaired) electrons. The SMILES string of the molecule is O=C(COCc1ccccc1)N(CC(=O)N1CCc2sccc2C1c1ccccc1)C1CC1. The molecule has 0 bridgehead atoms. The minimum atomic E-state index is -0.105. The molecule has 1 aliphatic heterocycles. The third-order valence-corrected chi connectivity index (χ3v) is 7.35. The molecule has 1 unspecified atom stereocenters. The summed E-state index contributed by atoms with van der Waals surface area (Å²) >= 11 is 1.76. The number of ether oxygens (including phenoxy) is 1. The van der Waals surface area contributed by atoms with E-state index in [0.29, 0.717) is 13.2 Å². The fourth-order valence-corrected chi connectivity index (χ4v) is 5.44. The molecule has 3 aromatic rings. The van der Waals surface area contributed by atoms with E-state index in [2.05, 4.69) is 23.6 Å². The Morgan fingerprint density at radius 1 is 1.00 bits per heavy atom. The molecule has 0 saturated heterocycles. The Labute approximate surface area is 198 Å². The minimum Gasteiger partial charge on any atom is -0.367 e. The lowest BCUT2D eigenvalue weighted by atomic mass is 9.93. The quantitative estimate of drug-likeness (QED) is 0.500. The molecule has 1 aromatic heterocycles. The van der Waals surface area contributed by atoms with Crippen molar-refractivity contribution in [1.29, 1.82) is 0 Å². The second kappa shape index (κ2) is 9.89. The van der Waals surface area contributed by atoms with Gasteiger partial charge in [0, 0.05) is 17.5 Å². The molecule has 6 heteroatoms. The number of rotatable bonds is 8. The molecule has 0 N–H and O–H groups in total. The van der Waals surface area contributed by atoms with Gasteiger partial charge in [0.2, 0.25) is 11.8 Å². The molecule has 1 saturated carbocycles. The first-order valence-electron chi connectivity index (χ1n) is 11.5. The summed E-state index contributed by atoms with van der Waals surface area (Å²) in [5.41, 5.74) is 3.35. The van der Waals surface area contributed by atoms with Gasteiger partial charge < -0.3 is 14.5 Å². The summed E-state index contributed by atoms with van der Waals surface area (Å²) in [6, 6.07) is 22.2. The van der Waals surface area contributed by atoms with Gasteiger partial charge in [0.1, 0.15) is 13.2 Å². The Kier molecular flexibility index (Phi) is 6.55. The molecule has 5 nitrogen and oxygen atoms in total. The van der Waals surface area contributed by atoms with Gasteiger partial charge in [-0.2, -0.15) is 0 Å². The Bertz CT molecular complexity index is 1090. The van der Waals surface area contributed by atoms with E-state index >= 15 is 0 Å². The van der Waals surface area contributed by atoms with Crippen LogP contribution in [0, 0.1) is 0 Å². The van der Waals surface area contributed by atoms with Gasteiger partial charge >= 0.3 is 0 Å². The predicted molar refractivity (Wildman–Crippen MR) is 129 cm³/mol. The molecule has 5 rings (SSSR count). The maximum Gasteiger partial charge on any atom is 0.249 e. The van der Waals surface area contributed by atoms with Gasteiger partial charge in [-0.3, -0.25) is 9.59 Å². The molecule has 0 spiro atoms. The highest BCUT2D eigenvalue weighted by atomic mass is 32.1. The van der Waals surface area contributed by atoms with Gasteiger partial charge in [0.25, 0.3) is 0 Å². The van der Waals surface area contributed by atoms with Crippen molar-refractivity contribution >= 4 is 23.2 Å². The summed E-state index contributed by atoms with van der Waals surface area (Å²) in [5.74, 6) is -0.102. The molecule has 2 amide bonds. The number of carbonyl (C=O) groups is 2. The highest BCUT2D eigenvalue weighted by molar-refractivity contribution is 7.10. The van der Waals surface area contributed by atoms with Crippen molar-refractivity contribution in [3.05, 3.63) is 93.7 Å². The second-order valence-electron chi connectivity index (χ2n) is 8.68. The summed E-state index contributed by atoms with van der Waals surface area (Å²) in [5, 5.41) is 2.11. The van der Waals surface area contributed by atoms with Gasteiger partial charge in [0.05, 0.1) is 12.6 Å². The van der Waals surface area contributed by atoms with E-state index in [4.69, 9.17) is 4.74 Å². The lowest BCUT2D eigenvalue weighted by Gasteiger charge is -2.37.